The van der Waals surface area contributed by atoms with Gasteiger partial charge >= 0.3 is 0 Å². The molecule has 0 bridgehead atoms. The first-order chi connectivity index (χ1) is 9.00. The molecule has 0 radical (unpaired) electrons. The lowest BCUT2D eigenvalue weighted by Gasteiger charge is -2.17. The van der Waals surface area contributed by atoms with Crippen molar-refractivity contribution in [2.75, 3.05) is 5.73 Å². The molecule has 1 atom stereocenters. The highest BCUT2D eigenvalue weighted by Crippen LogP contribution is 2.32. The Bertz CT molecular complexity index is 564. The van der Waals surface area contributed by atoms with Crippen LogP contribution in [0.25, 0.3) is 0 Å². The standard InChI is InChI=1S/C14H19N3O2/c1-9(2)19-12-7-5-4-6-10(12)13(18)11-8-16-17(3)14(11)15/h4-9,13,18H,15H2,1-3H3. The van der Waals surface area contributed by atoms with Gasteiger partial charge in [-0.1, -0.05) is 18.2 Å². The molecule has 0 spiro atoms. The number of rotatable bonds is 4. The Labute approximate surface area is 112 Å². The Hall–Kier alpha value is -2.01. The Morgan fingerprint density at radius 3 is 2.53 bits per heavy atom. The smallest absolute Gasteiger partial charge is 0.127 e. The van der Waals surface area contributed by atoms with Crippen LogP contribution in [0.1, 0.15) is 31.1 Å². The molecule has 0 saturated heterocycles. The molecule has 5 heteroatoms. The molecular formula is C14H19N3O2. The number of hydrogen-bond acceptors (Lipinski definition) is 4. The van der Waals surface area contributed by atoms with Gasteiger partial charge in [0, 0.05) is 18.2 Å². The summed E-state index contributed by atoms with van der Waals surface area (Å²) >= 11 is 0. The minimum Gasteiger partial charge on any atom is -0.491 e. The van der Waals surface area contributed by atoms with Crippen molar-refractivity contribution in [1.82, 2.24) is 9.78 Å². The van der Waals surface area contributed by atoms with Gasteiger partial charge in [-0.2, -0.15) is 5.10 Å². The van der Waals surface area contributed by atoms with Crippen molar-refractivity contribution in [1.29, 1.82) is 0 Å². The molecule has 2 rings (SSSR count). The Balaban J connectivity index is 2.38. The molecule has 0 aliphatic rings. The minimum atomic E-state index is -0.844. The normalized spacial score (nSPS) is 12.7. The first kappa shape index (κ1) is 13.4. The summed E-state index contributed by atoms with van der Waals surface area (Å²) in [6, 6.07) is 7.40. The van der Waals surface area contributed by atoms with Crippen molar-refractivity contribution in [2.45, 2.75) is 26.1 Å². The number of benzene rings is 1. The predicted molar refractivity (Wildman–Crippen MR) is 73.9 cm³/mol. The number of aliphatic hydroxyl groups excluding tert-OH is 1. The van der Waals surface area contributed by atoms with Crippen LogP contribution in [0.3, 0.4) is 0 Å². The van der Waals surface area contributed by atoms with Crippen LogP contribution in [0.5, 0.6) is 5.75 Å². The second-order valence-corrected chi connectivity index (χ2v) is 4.72. The molecule has 19 heavy (non-hydrogen) atoms. The van der Waals surface area contributed by atoms with E-state index in [1.165, 1.54) is 4.68 Å². The molecule has 0 saturated carbocycles. The molecule has 3 N–H and O–H groups in total. The van der Waals surface area contributed by atoms with E-state index in [9.17, 15) is 5.11 Å². The van der Waals surface area contributed by atoms with Gasteiger partial charge in [-0.3, -0.25) is 4.68 Å². The summed E-state index contributed by atoms with van der Waals surface area (Å²) in [5.41, 5.74) is 7.17. The lowest BCUT2D eigenvalue weighted by Crippen LogP contribution is -2.10. The van der Waals surface area contributed by atoms with Crippen molar-refractivity contribution in [3.63, 3.8) is 0 Å². The molecule has 1 aromatic carbocycles. The highest BCUT2D eigenvalue weighted by atomic mass is 16.5. The minimum absolute atomic E-state index is 0.0413. The van der Waals surface area contributed by atoms with Gasteiger partial charge in [0.05, 0.1) is 12.3 Å². The molecular weight excluding hydrogens is 242 g/mol. The Morgan fingerprint density at radius 1 is 1.26 bits per heavy atom. The highest BCUT2D eigenvalue weighted by molar-refractivity contribution is 5.47. The lowest BCUT2D eigenvalue weighted by molar-refractivity contribution is 0.198. The van der Waals surface area contributed by atoms with E-state index in [4.69, 9.17) is 10.5 Å². The number of nitrogen functional groups attached to an aromatic ring is 1. The number of hydrogen-bond donors (Lipinski definition) is 2. The van der Waals surface area contributed by atoms with E-state index in [1.807, 2.05) is 38.1 Å². The number of aromatic nitrogens is 2. The SMILES string of the molecule is CC(C)Oc1ccccc1C(O)c1cnn(C)c1N. The van der Waals surface area contributed by atoms with E-state index in [0.717, 1.165) is 0 Å². The number of aryl methyl sites for hydroxylation is 1. The van der Waals surface area contributed by atoms with E-state index in [2.05, 4.69) is 5.10 Å². The van der Waals surface area contributed by atoms with E-state index < -0.39 is 6.10 Å². The molecule has 1 aromatic heterocycles. The van der Waals surface area contributed by atoms with Gasteiger partial charge in [0.15, 0.2) is 0 Å². The van der Waals surface area contributed by atoms with Crippen LogP contribution in [0.15, 0.2) is 30.5 Å². The van der Waals surface area contributed by atoms with Crippen molar-refractivity contribution >= 4 is 5.82 Å². The van der Waals surface area contributed by atoms with Crippen LogP contribution < -0.4 is 10.5 Å². The van der Waals surface area contributed by atoms with Gasteiger partial charge in [-0.15, -0.1) is 0 Å². The summed E-state index contributed by atoms with van der Waals surface area (Å²) < 4.78 is 7.24. The van der Waals surface area contributed by atoms with Gasteiger partial charge in [0.2, 0.25) is 0 Å². The quantitative estimate of drug-likeness (QED) is 0.881. The van der Waals surface area contributed by atoms with Gasteiger partial charge in [-0.05, 0) is 19.9 Å². The van der Waals surface area contributed by atoms with E-state index in [-0.39, 0.29) is 6.10 Å². The van der Waals surface area contributed by atoms with Gasteiger partial charge in [0.1, 0.15) is 17.7 Å². The zero-order valence-electron chi connectivity index (χ0n) is 11.4. The number of anilines is 1. The maximum absolute atomic E-state index is 10.5. The van der Waals surface area contributed by atoms with E-state index >= 15 is 0 Å². The molecule has 0 aliphatic carbocycles. The third kappa shape index (κ3) is 2.71. The molecule has 0 amide bonds. The number of aliphatic hydroxyl groups is 1. The van der Waals surface area contributed by atoms with Gasteiger partial charge < -0.3 is 15.6 Å². The van der Waals surface area contributed by atoms with Crippen LogP contribution in [-0.4, -0.2) is 21.0 Å². The molecule has 1 unspecified atom stereocenters. The molecule has 0 fully saturated rings. The number of ether oxygens (including phenoxy) is 1. The first-order valence-electron chi connectivity index (χ1n) is 6.21. The van der Waals surface area contributed by atoms with E-state index in [0.29, 0.717) is 22.7 Å². The fraction of sp³-hybridized carbons (Fsp3) is 0.357. The zero-order valence-corrected chi connectivity index (χ0v) is 11.4. The summed E-state index contributed by atoms with van der Waals surface area (Å²) in [4.78, 5) is 0. The second kappa shape index (κ2) is 5.32. The average molecular weight is 261 g/mol. The monoisotopic (exact) mass is 261 g/mol. The molecule has 5 nitrogen and oxygen atoms in total. The fourth-order valence-corrected chi connectivity index (χ4v) is 1.91. The molecule has 2 aromatic rings. The average Bonchev–Trinajstić information content (AvgIpc) is 2.69. The van der Waals surface area contributed by atoms with Crippen molar-refractivity contribution in [2.24, 2.45) is 7.05 Å². The topological polar surface area (TPSA) is 73.3 Å². The van der Waals surface area contributed by atoms with Crippen molar-refractivity contribution in [3.05, 3.63) is 41.6 Å². The van der Waals surface area contributed by atoms with Crippen LogP contribution in [0, 0.1) is 0 Å². The number of nitrogens with two attached hydrogens (primary N) is 1. The second-order valence-electron chi connectivity index (χ2n) is 4.72. The fourth-order valence-electron chi connectivity index (χ4n) is 1.91. The maximum atomic E-state index is 10.5. The molecule has 1 heterocycles. The first-order valence-corrected chi connectivity index (χ1v) is 6.21. The van der Waals surface area contributed by atoms with E-state index in [1.54, 1.807) is 13.2 Å². The molecule has 102 valence electrons. The Kier molecular flexibility index (Phi) is 3.76. The predicted octanol–water partition coefficient (Wildman–Crippen LogP) is 1.87. The summed E-state index contributed by atoms with van der Waals surface area (Å²) in [5, 5.41) is 14.5. The summed E-state index contributed by atoms with van der Waals surface area (Å²) in [6.45, 7) is 3.89. The Morgan fingerprint density at radius 2 is 1.95 bits per heavy atom. The van der Waals surface area contributed by atoms with Crippen LogP contribution in [0.4, 0.5) is 5.82 Å². The summed E-state index contributed by atoms with van der Waals surface area (Å²) in [5.74, 6) is 1.11. The van der Waals surface area contributed by atoms with Crippen LogP contribution in [0.2, 0.25) is 0 Å². The third-order valence-electron chi connectivity index (χ3n) is 2.89. The zero-order chi connectivity index (χ0) is 14.0. The van der Waals surface area contributed by atoms with Gasteiger partial charge in [0.25, 0.3) is 0 Å². The van der Waals surface area contributed by atoms with Crippen molar-refractivity contribution in [3.8, 4) is 5.75 Å². The largest absolute Gasteiger partial charge is 0.491 e. The highest BCUT2D eigenvalue weighted by Gasteiger charge is 2.20. The van der Waals surface area contributed by atoms with Crippen LogP contribution >= 0.6 is 0 Å². The number of para-hydroxylation sites is 1. The van der Waals surface area contributed by atoms with Crippen LogP contribution in [-0.2, 0) is 7.05 Å². The maximum Gasteiger partial charge on any atom is 0.127 e. The summed E-state index contributed by atoms with van der Waals surface area (Å²) in [7, 11) is 1.74. The van der Waals surface area contributed by atoms with Gasteiger partial charge in [-0.25, -0.2) is 0 Å². The summed E-state index contributed by atoms with van der Waals surface area (Å²) in [6.07, 6.45) is 0.773. The lowest BCUT2D eigenvalue weighted by atomic mass is 10.0. The number of nitrogens with zero attached hydrogens (tertiary/aromatic N) is 2. The third-order valence-corrected chi connectivity index (χ3v) is 2.89. The molecule has 0 aliphatic heterocycles. The van der Waals surface area contributed by atoms with Crippen molar-refractivity contribution < 1.29 is 9.84 Å².